The molecule has 5 rings (SSSR count). The molecule has 1 aliphatic rings. The minimum Gasteiger partial charge on any atom is -0.382 e. The fraction of sp³-hybridized carbons (Fsp3) is 0.688. The Hall–Kier alpha value is -3.92. The highest BCUT2D eigenvalue weighted by molar-refractivity contribution is 7.90. The number of rotatable bonds is 36. The Bertz CT molecular complexity index is 2260. The van der Waals surface area contributed by atoms with Crippen LogP contribution in [-0.2, 0) is 65.5 Å². The van der Waals surface area contributed by atoms with Crippen LogP contribution in [0.25, 0.3) is 21.3 Å². The van der Waals surface area contributed by atoms with Crippen molar-refractivity contribution in [2.75, 3.05) is 144 Å². The van der Waals surface area contributed by atoms with Gasteiger partial charge in [0.25, 0.3) is 0 Å². The fourth-order valence-corrected chi connectivity index (χ4v) is 8.97. The van der Waals surface area contributed by atoms with Gasteiger partial charge in [0.05, 0.1) is 127 Å². The molecule has 0 spiro atoms. The number of imidazole rings is 1. The van der Waals surface area contributed by atoms with Crippen LogP contribution in [-0.4, -0.2) is 182 Å². The second-order valence-corrected chi connectivity index (χ2v) is 19.9. The molecule has 0 unspecified atom stereocenters. The van der Waals surface area contributed by atoms with E-state index in [0.717, 1.165) is 81.4 Å². The van der Waals surface area contributed by atoms with Gasteiger partial charge in [0.15, 0.2) is 5.82 Å². The lowest BCUT2D eigenvalue weighted by atomic mass is 9.96. The molecule has 1 fully saturated rings. The van der Waals surface area contributed by atoms with Crippen LogP contribution in [0.5, 0.6) is 0 Å². The number of unbranched alkanes of at least 4 members (excludes halogenated alkanes) is 2. The van der Waals surface area contributed by atoms with E-state index >= 15 is 0 Å². The molecule has 384 valence electrons. The molecule has 0 radical (unpaired) electrons. The zero-order valence-corrected chi connectivity index (χ0v) is 42.5. The van der Waals surface area contributed by atoms with E-state index in [-0.39, 0.29) is 11.1 Å². The summed E-state index contributed by atoms with van der Waals surface area (Å²) in [5.74, 6) is 8.00. The Balaban J connectivity index is 0.725. The zero-order valence-electron chi connectivity index (χ0n) is 40.9. The van der Waals surface area contributed by atoms with Gasteiger partial charge in [-0.15, -0.1) is 11.3 Å². The van der Waals surface area contributed by atoms with Gasteiger partial charge < -0.3 is 58.4 Å². The molecule has 1 saturated heterocycles. The first-order valence-corrected chi connectivity index (χ1v) is 27.0. The van der Waals surface area contributed by atoms with Crippen LogP contribution in [0.4, 0.5) is 5.82 Å². The minimum absolute atomic E-state index is 0.0746. The summed E-state index contributed by atoms with van der Waals surface area (Å²) < 4.78 is 71.3. The number of sulfone groups is 1. The summed E-state index contributed by atoms with van der Waals surface area (Å²) in [7, 11) is -3.44. The largest absolute Gasteiger partial charge is 0.382 e. The molecule has 19 nitrogen and oxygen atoms in total. The van der Waals surface area contributed by atoms with Gasteiger partial charge in [0, 0.05) is 62.4 Å². The number of thiophene rings is 1. The van der Waals surface area contributed by atoms with E-state index in [2.05, 4.69) is 61.5 Å². The third kappa shape index (κ3) is 21.1. The average molecular weight is 1000 g/mol. The molecule has 0 aromatic carbocycles. The number of piperidine rings is 1. The highest BCUT2D eigenvalue weighted by Crippen LogP contribution is 2.35. The second kappa shape index (κ2) is 32.1. The Morgan fingerprint density at radius 2 is 1.36 bits per heavy atom. The first kappa shape index (κ1) is 56.0. The van der Waals surface area contributed by atoms with Gasteiger partial charge in [-0.1, -0.05) is 25.2 Å². The molecule has 0 bridgehead atoms. The number of hydrogen-bond acceptors (Lipinski definition) is 18. The van der Waals surface area contributed by atoms with Gasteiger partial charge in [-0.05, 0) is 57.7 Å². The van der Waals surface area contributed by atoms with E-state index in [9.17, 15) is 13.2 Å². The summed E-state index contributed by atoms with van der Waals surface area (Å²) >= 11 is 1.79. The topological polar surface area (TPSA) is 223 Å². The van der Waals surface area contributed by atoms with Crippen LogP contribution in [0.3, 0.4) is 0 Å². The van der Waals surface area contributed by atoms with Crippen molar-refractivity contribution in [3.63, 3.8) is 0 Å². The van der Waals surface area contributed by atoms with Crippen LogP contribution < -0.4 is 11.1 Å². The maximum atomic E-state index is 12.0. The van der Waals surface area contributed by atoms with Crippen molar-refractivity contribution in [3.05, 3.63) is 34.7 Å². The van der Waals surface area contributed by atoms with Crippen LogP contribution in [0.1, 0.15) is 68.1 Å². The van der Waals surface area contributed by atoms with Gasteiger partial charge in [0.1, 0.15) is 11.3 Å². The number of nitrogens with zero attached hydrogens (tertiary/aromatic N) is 6. The molecule has 5 heterocycles. The Kier molecular flexibility index (Phi) is 26.1. The minimum atomic E-state index is -3.44. The summed E-state index contributed by atoms with van der Waals surface area (Å²) in [6, 6.07) is 2.13. The number of anilines is 1. The SMILES string of the molecule is CCCCc1nc2c(N)nc3cc(C)sc3c2n1CC1CCN(CCOCCOCCOCCOCCOCCOCCOCCOCCNC(=O)CCCC#Cc2cnc(S(C)(=O)=O)nc2)CC1. The zero-order chi connectivity index (χ0) is 48.9. The molecule has 3 N–H and O–H groups in total. The molecule has 4 aromatic heterocycles. The molecule has 0 aliphatic carbocycles. The van der Waals surface area contributed by atoms with Crippen LogP contribution >= 0.6 is 11.3 Å². The quantitative estimate of drug-likeness (QED) is 0.0369. The molecular formula is C48H74N8O11S2. The van der Waals surface area contributed by atoms with Gasteiger partial charge >= 0.3 is 0 Å². The normalized spacial score (nSPS) is 13.7. The second-order valence-electron chi connectivity index (χ2n) is 16.7. The highest BCUT2D eigenvalue weighted by atomic mass is 32.2. The maximum absolute atomic E-state index is 12.0. The summed E-state index contributed by atoms with van der Waals surface area (Å²) in [5, 5.41) is 2.57. The van der Waals surface area contributed by atoms with Crippen molar-refractivity contribution in [1.29, 1.82) is 0 Å². The van der Waals surface area contributed by atoms with Crippen LogP contribution in [0.2, 0.25) is 0 Å². The number of carbonyl (C=O) groups is 1. The van der Waals surface area contributed by atoms with Crippen molar-refractivity contribution in [2.45, 2.75) is 76.9 Å². The summed E-state index contributed by atoms with van der Waals surface area (Å²) in [4.78, 5) is 33.0. The lowest BCUT2D eigenvalue weighted by Gasteiger charge is -2.32. The van der Waals surface area contributed by atoms with Crippen LogP contribution in [0.15, 0.2) is 23.6 Å². The number of amides is 1. The third-order valence-electron chi connectivity index (χ3n) is 11.1. The van der Waals surface area contributed by atoms with Crippen molar-refractivity contribution >= 4 is 54.1 Å². The summed E-state index contributed by atoms with van der Waals surface area (Å²) in [6.45, 7) is 16.7. The number of aromatic nitrogens is 5. The van der Waals surface area contributed by atoms with Gasteiger partial charge in [-0.3, -0.25) is 4.79 Å². The lowest BCUT2D eigenvalue weighted by molar-refractivity contribution is -0.121. The smallest absolute Gasteiger partial charge is 0.246 e. The molecule has 1 amide bonds. The summed E-state index contributed by atoms with van der Waals surface area (Å²) in [5.41, 5.74) is 9.95. The predicted molar refractivity (Wildman–Crippen MR) is 265 cm³/mol. The van der Waals surface area contributed by atoms with E-state index in [4.69, 9.17) is 48.6 Å². The molecule has 21 heteroatoms. The highest BCUT2D eigenvalue weighted by Gasteiger charge is 2.24. The average Bonchev–Trinajstić information content (AvgIpc) is 3.89. The number of fused-ring (bicyclic) bond motifs is 3. The van der Waals surface area contributed by atoms with Crippen molar-refractivity contribution in [3.8, 4) is 11.8 Å². The number of hydrogen-bond donors (Lipinski definition) is 2. The standard InChI is InChI=1S/C48H74N8O11S2/c1-4-5-10-42-54-44-45(46-41(53-47(44)49)34-38(2)68-46)56(42)37-39-12-15-55(16-13-39)17-19-61-21-23-63-25-27-65-29-31-67-33-32-66-30-28-64-26-24-62-22-20-60-18-14-50-43(57)11-8-6-7-9-40-35-51-48(52-36-40)69(3,58)59/h34-36,39H,4-6,8,10-33,37H2,1-3H3,(H2,49,53)(H,50,57). The van der Waals surface area contributed by atoms with E-state index in [1.165, 1.54) is 27.5 Å². The number of aryl methyl sites for hydroxylation is 2. The first-order valence-electron chi connectivity index (χ1n) is 24.3. The lowest BCUT2D eigenvalue weighted by Crippen LogP contribution is -2.37. The number of nitrogen functional groups attached to an aromatic ring is 1. The molecular weight excluding hydrogens is 929 g/mol. The van der Waals surface area contributed by atoms with E-state index < -0.39 is 9.84 Å². The number of nitrogens with two attached hydrogens (primary N) is 1. The number of likely N-dealkylation sites (tertiary alicyclic amines) is 1. The van der Waals surface area contributed by atoms with Crippen molar-refractivity contribution in [1.82, 2.24) is 34.7 Å². The molecule has 0 atom stereocenters. The van der Waals surface area contributed by atoms with Crippen molar-refractivity contribution < 1.29 is 51.1 Å². The molecule has 69 heavy (non-hydrogen) atoms. The molecule has 1 aliphatic heterocycles. The third-order valence-corrected chi connectivity index (χ3v) is 13.0. The van der Waals surface area contributed by atoms with Gasteiger partial charge in [0.2, 0.25) is 20.9 Å². The van der Waals surface area contributed by atoms with Crippen molar-refractivity contribution in [2.24, 2.45) is 5.92 Å². The predicted octanol–water partition coefficient (Wildman–Crippen LogP) is 4.26. The molecule has 4 aromatic rings. The Morgan fingerprint density at radius 3 is 1.91 bits per heavy atom. The van der Waals surface area contributed by atoms with Gasteiger partial charge in [-0.2, -0.15) is 0 Å². The number of ether oxygens (including phenoxy) is 8. The fourth-order valence-electron chi connectivity index (χ4n) is 7.48. The maximum Gasteiger partial charge on any atom is 0.246 e. The molecule has 0 saturated carbocycles. The first-order chi connectivity index (χ1) is 33.6. The Morgan fingerprint density at radius 1 is 0.812 bits per heavy atom. The van der Waals surface area contributed by atoms with Gasteiger partial charge in [-0.25, -0.2) is 28.4 Å². The van der Waals surface area contributed by atoms with Crippen LogP contribution in [0, 0.1) is 24.7 Å². The van der Waals surface area contributed by atoms with E-state index in [1.807, 2.05) is 0 Å². The number of nitrogens with one attached hydrogen (secondary N) is 1. The number of carbonyl (C=O) groups excluding carboxylic acids is 1. The van der Waals surface area contributed by atoms with E-state index in [1.54, 1.807) is 11.3 Å². The number of pyridine rings is 1. The summed E-state index contributed by atoms with van der Waals surface area (Å²) in [6.07, 6.45) is 10.7. The monoisotopic (exact) mass is 1000 g/mol. The Labute approximate surface area is 411 Å². The van der Waals surface area contributed by atoms with E-state index in [0.29, 0.717) is 149 Å².